The Morgan fingerprint density at radius 2 is 1.65 bits per heavy atom. The second-order valence-corrected chi connectivity index (χ2v) is 5.25. The summed E-state index contributed by atoms with van der Waals surface area (Å²) in [6.07, 6.45) is 1.03. The van der Waals surface area contributed by atoms with E-state index in [0.29, 0.717) is 5.92 Å². The normalized spacial score (nSPS) is 13.2. The largest absolute Gasteiger partial charge is 0.324 e. The van der Waals surface area contributed by atoms with E-state index in [1.807, 2.05) is 0 Å². The molecular weight excluding hydrogens is 206 g/mol. The van der Waals surface area contributed by atoms with Crippen LogP contribution in [0.25, 0.3) is 10.8 Å². The van der Waals surface area contributed by atoms with E-state index in [-0.39, 0.29) is 6.04 Å². The van der Waals surface area contributed by atoms with Gasteiger partial charge in [-0.15, -0.1) is 0 Å². The fourth-order valence-electron chi connectivity index (χ4n) is 2.43. The molecule has 0 aliphatic rings. The smallest absolute Gasteiger partial charge is 0.0303 e. The Morgan fingerprint density at radius 1 is 1.00 bits per heavy atom. The molecule has 0 saturated heterocycles. The molecule has 17 heavy (non-hydrogen) atoms. The van der Waals surface area contributed by atoms with Crippen molar-refractivity contribution in [1.82, 2.24) is 0 Å². The van der Waals surface area contributed by atoms with E-state index in [1.165, 1.54) is 21.9 Å². The molecule has 2 aromatic carbocycles. The first-order chi connectivity index (χ1) is 8.09. The van der Waals surface area contributed by atoms with Crippen molar-refractivity contribution in [3.8, 4) is 0 Å². The van der Waals surface area contributed by atoms with E-state index in [2.05, 4.69) is 57.2 Å². The molecule has 0 saturated carbocycles. The second kappa shape index (κ2) is 4.89. The summed E-state index contributed by atoms with van der Waals surface area (Å²) in [5.41, 5.74) is 8.91. The van der Waals surface area contributed by atoms with Crippen molar-refractivity contribution in [2.45, 2.75) is 33.2 Å². The number of benzene rings is 2. The van der Waals surface area contributed by atoms with Gasteiger partial charge in [-0.25, -0.2) is 0 Å². The van der Waals surface area contributed by atoms with Crippen molar-refractivity contribution in [3.05, 3.63) is 47.5 Å². The Kier molecular flexibility index (Phi) is 3.49. The molecule has 2 rings (SSSR count). The Bertz CT molecular complexity index is 514. The molecule has 2 aromatic rings. The molecule has 0 radical (unpaired) electrons. The highest BCUT2D eigenvalue weighted by atomic mass is 14.6. The summed E-state index contributed by atoms with van der Waals surface area (Å²) in [6.45, 7) is 6.59. The maximum Gasteiger partial charge on any atom is 0.0303 e. The van der Waals surface area contributed by atoms with Gasteiger partial charge < -0.3 is 5.73 Å². The molecule has 1 heteroatoms. The van der Waals surface area contributed by atoms with Crippen LogP contribution in [0, 0.1) is 12.8 Å². The molecule has 0 heterocycles. The second-order valence-electron chi connectivity index (χ2n) is 5.25. The van der Waals surface area contributed by atoms with Gasteiger partial charge in [0.25, 0.3) is 0 Å². The maximum atomic E-state index is 6.31. The molecule has 0 spiro atoms. The first kappa shape index (κ1) is 12.1. The third kappa shape index (κ3) is 2.50. The van der Waals surface area contributed by atoms with Crippen molar-refractivity contribution in [3.63, 3.8) is 0 Å². The molecule has 0 aromatic heterocycles. The summed E-state index contributed by atoms with van der Waals surface area (Å²) in [5, 5.41) is 2.63. The molecule has 0 aliphatic heterocycles. The van der Waals surface area contributed by atoms with Gasteiger partial charge in [0.2, 0.25) is 0 Å². The lowest BCUT2D eigenvalue weighted by atomic mass is 9.92. The van der Waals surface area contributed by atoms with E-state index in [9.17, 15) is 0 Å². The highest BCUT2D eigenvalue weighted by Crippen LogP contribution is 2.28. The van der Waals surface area contributed by atoms with Crippen LogP contribution < -0.4 is 5.73 Å². The number of fused-ring (bicyclic) bond motifs is 1. The van der Waals surface area contributed by atoms with E-state index in [4.69, 9.17) is 5.73 Å². The zero-order chi connectivity index (χ0) is 12.4. The monoisotopic (exact) mass is 227 g/mol. The molecule has 1 atom stereocenters. The lowest BCUT2D eigenvalue weighted by Gasteiger charge is -2.17. The first-order valence-corrected chi connectivity index (χ1v) is 6.33. The fourth-order valence-corrected chi connectivity index (χ4v) is 2.43. The Labute approximate surface area is 104 Å². The number of aryl methyl sites for hydroxylation is 1. The molecule has 1 nitrogen and oxygen atoms in total. The van der Waals surface area contributed by atoms with Crippen molar-refractivity contribution in [2.24, 2.45) is 11.7 Å². The van der Waals surface area contributed by atoms with Crippen LogP contribution in [0.1, 0.15) is 37.4 Å². The predicted molar refractivity (Wildman–Crippen MR) is 75.1 cm³/mol. The topological polar surface area (TPSA) is 26.0 Å². The summed E-state index contributed by atoms with van der Waals surface area (Å²) in [4.78, 5) is 0. The molecule has 0 aliphatic carbocycles. The minimum Gasteiger partial charge on any atom is -0.324 e. The predicted octanol–water partition coefficient (Wildman–Crippen LogP) is 4.19. The van der Waals surface area contributed by atoms with Gasteiger partial charge in [0.15, 0.2) is 0 Å². The van der Waals surface area contributed by atoms with Crippen LogP contribution in [-0.2, 0) is 0 Å². The average molecular weight is 227 g/mol. The van der Waals surface area contributed by atoms with Gasteiger partial charge in [-0.05, 0) is 41.2 Å². The lowest BCUT2D eigenvalue weighted by Crippen LogP contribution is -2.13. The number of nitrogens with two attached hydrogens (primary N) is 1. The van der Waals surface area contributed by atoms with Crippen molar-refractivity contribution >= 4 is 10.8 Å². The standard InChI is InChI=1S/C16H21N/c1-11(2)10-16(17)15-9-8-12(3)13-6-4-5-7-14(13)15/h4-9,11,16H,10,17H2,1-3H3/t16-/m1/s1. The quantitative estimate of drug-likeness (QED) is 0.835. The van der Waals surface area contributed by atoms with E-state index in [0.717, 1.165) is 6.42 Å². The molecule has 0 unspecified atom stereocenters. The van der Waals surface area contributed by atoms with Crippen LogP contribution in [0.3, 0.4) is 0 Å². The average Bonchev–Trinajstić information content (AvgIpc) is 2.29. The summed E-state index contributed by atoms with van der Waals surface area (Å²) in [5.74, 6) is 0.630. The number of hydrogen-bond acceptors (Lipinski definition) is 1. The van der Waals surface area contributed by atoms with E-state index < -0.39 is 0 Å². The molecule has 0 bridgehead atoms. The van der Waals surface area contributed by atoms with Gasteiger partial charge in [-0.2, -0.15) is 0 Å². The van der Waals surface area contributed by atoms with Crippen LogP contribution in [0.2, 0.25) is 0 Å². The van der Waals surface area contributed by atoms with Gasteiger partial charge in [-0.1, -0.05) is 50.2 Å². The fraction of sp³-hybridized carbons (Fsp3) is 0.375. The van der Waals surface area contributed by atoms with E-state index >= 15 is 0 Å². The summed E-state index contributed by atoms with van der Waals surface area (Å²) in [6, 6.07) is 13.0. The Hall–Kier alpha value is -1.34. The van der Waals surface area contributed by atoms with Crippen molar-refractivity contribution in [2.75, 3.05) is 0 Å². The van der Waals surface area contributed by atoms with Crippen LogP contribution in [0.15, 0.2) is 36.4 Å². The van der Waals surface area contributed by atoms with Crippen molar-refractivity contribution < 1.29 is 0 Å². The number of hydrogen-bond donors (Lipinski definition) is 1. The highest BCUT2D eigenvalue weighted by Gasteiger charge is 2.12. The zero-order valence-corrected chi connectivity index (χ0v) is 10.9. The van der Waals surface area contributed by atoms with Crippen LogP contribution >= 0.6 is 0 Å². The van der Waals surface area contributed by atoms with Gasteiger partial charge in [0.1, 0.15) is 0 Å². The van der Waals surface area contributed by atoms with Gasteiger partial charge >= 0.3 is 0 Å². The summed E-state index contributed by atoms with van der Waals surface area (Å²) < 4.78 is 0. The van der Waals surface area contributed by atoms with Gasteiger partial charge in [-0.3, -0.25) is 0 Å². The summed E-state index contributed by atoms with van der Waals surface area (Å²) >= 11 is 0. The van der Waals surface area contributed by atoms with Gasteiger partial charge in [0.05, 0.1) is 0 Å². The van der Waals surface area contributed by atoms with E-state index in [1.54, 1.807) is 0 Å². The van der Waals surface area contributed by atoms with Crippen LogP contribution in [-0.4, -0.2) is 0 Å². The van der Waals surface area contributed by atoms with Gasteiger partial charge in [0, 0.05) is 6.04 Å². The third-order valence-corrected chi connectivity index (χ3v) is 3.30. The molecule has 0 amide bonds. The molecule has 2 N–H and O–H groups in total. The van der Waals surface area contributed by atoms with Crippen LogP contribution in [0.4, 0.5) is 0 Å². The SMILES string of the molecule is Cc1ccc([C@H](N)CC(C)C)c2ccccc12. The molecule has 90 valence electrons. The third-order valence-electron chi connectivity index (χ3n) is 3.30. The Balaban J connectivity index is 2.51. The first-order valence-electron chi connectivity index (χ1n) is 6.33. The number of rotatable bonds is 3. The zero-order valence-electron chi connectivity index (χ0n) is 10.9. The maximum absolute atomic E-state index is 6.31. The van der Waals surface area contributed by atoms with Crippen molar-refractivity contribution in [1.29, 1.82) is 0 Å². The molecule has 0 fully saturated rings. The highest BCUT2D eigenvalue weighted by molar-refractivity contribution is 5.88. The summed E-state index contributed by atoms with van der Waals surface area (Å²) in [7, 11) is 0. The minimum absolute atomic E-state index is 0.139. The lowest BCUT2D eigenvalue weighted by molar-refractivity contribution is 0.512. The Morgan fingerprint density at radius 3 is 2.29 bits per heavy atom. The van der Waals surface area contributed by atoms with Crippen LogP contribution in [0.5, 0.6) is 0 Å². The minimum atomic E-state index is 0.139. The molecular formula is C16H21N.